The van der Waals surface area contributed by atoms with Crippen LogP contribution in [0.3, 0.4) is 0 Å². The van der Waals surface area contributed by atoms with Gasteiger partial charge in [-0.3, -0.25) is 9.35 Å². The van der Waals surface area contributed by atoms with E-state index in [2.05, 4.69) is 13.0 Å². The monoisotopic (exact) mass is 434 g/mol. The van der Waals surface area contributed by atoms with Gasteiger partial charge in [-0.1, -0.05) is 77.4 Å². The van der Waals surface area contributed by atoms with E-state index >= 15 is 0 Å². The normalized spacial score (nSPS) is 14.2. The first kappa shape index (κ1) is 28.1. The highest BCUT2D eigenvalue weighted by Crippen LogP contribution is 2.15. The van der Waals surface area contributed by atoms with Gasteiger partial charge in [0.15, 0.2) is 5.25 Å². The van der Waals surface area contributed by atoms with Gasteiger partial charge in [0.1, 0.15) is 0 Å². The van der Waals surface area contributed by atoms with E-state index in [1.165, 1.54) is 19.3 Å². The van der Waals surface area contributed by atoms with Gasteiger partial charge in [0.05, 0.1) is 12.7 Å². The molecule has 2 N–H and O–H groups in total. The first-order chi connectivity index (χ1) is 13.8. The summed E-state index contributed by atoms with van der Waals surface area (Å²) in [6, 6.07) is 0. The van der Waals surface area contributed by atoms with Crippen molar-refractivity contribution in [3.05, 3.63) is 12.2 Å². The van der Waals surface area contributed by atoms with Crippen molar-refractivity contribution in [2.75, 3.05) is 6.61 Å². The summed E-state index contributed by atoms with van der Waals surface area (Å²) in [6.45, 7) is 4.30. The summed E-state index contributed by atoms with van der Waals surface area (Å²) in [7, 11) is -4.43. The van der Waals surface area contributed by atoms with E-state index < -0.39 is 21.3 Å². The molecule has 0 aromatic heterocycles. The van der Waals surface area contributed by atoms with Crippen LogP contribution in [0.4, 0.5) is 0 Å². The zero-order valence-corrected chi connectivity index (χ0v) is 19.2. The quantitative estimate of drug-likeness (QED) is 0.125. The van der Waals surface area contributed by atoms with Gasteiger partial charge in [-0.05, 0) is 38.5 Å². The smallest absolute Gasteiger partial charge is 0.326 e. The molecule has 7 heteroatoms. The number of esters is 1. The molecule has 0 spiro atoms. The van der Waals surface area contributed by atoms with E-state index in [9.17, 15) is 22.9 Å². The third-order valence-corrected chi connectivity index (χ3v) is 6.06. The molecule has 0 amide bonds. The van der Waals surface area contributed by atoms with Gasteiger partial charge in [0, 0.05) is 0 Å². The Labute approximate surface area is 177 Å². The average molecular weight is 435 g/mol. The second-order valence-electron chi connectivity index (χ2n) is 7.73. The van der Waals surface area contributed by atoms with Crippen molar-refractivity contribution in [3.8, 4) is 0 Å². The van der Waals surface area contributed by atoms with Crippen molar-refractivity contribution >= 4 is 16.1 Å². The van der Waals surface area contributed by atoms with E-state index in [0.717, 1.165) is 44.9 Å². The molecule has 0 aliphatic rings. The number of carbonyl (C=O) groups is 1. The minimum absolute atomic E-state index is 0.0872. The second-order valence-corrected chi connectivity index (χ2v) is 9.33. The number of unbranched alkanes of at least 4 members (excludes halogenated alkanes) is 8. The lowest BCUT2D eigenvalue weighted by Gasteiger charge is -2.13. The zero-order chi connectivity index (χ0) is 22.0. The lowest BCUT2D eigenvalue weighted by atomic mass is 10.1. The molecule has 0 aliphatic carbocycles. The van der Waals surface area contributed by atoms with Crippen LogP contribution in [0, 0.1) is 0 Å². The van der Waals surface area contributed by atoms with Crippen molar-refractivity contribution in [3.63, 3.8) is 0 Å². The van der Waals surface area contributed by atoms with Gasteiger partial charge in [-0.25, -0.2) is 0 Å². The Balaban J connectivity index is 3.87. The van der Waals surface area contributed by atoms with Crippen molar-refractivity contribution in [2.45, 2.75) is 115 Å². The third-order valence-electron chi connectivity index (χ3n) is 4.92. The molecule has 0 rings (SSSR count). The topological polar surface area (TPSA) is 101 Å². The molecule has 0 aromatic carbocycles. The van der Waals surface area contributed by atoms with Crippen LogP contribution in [0.25, 0.3) is 0 Å². The number of aliphatic hydroxyl groups is 1. The van der Waals surface area contributed by atoms with Gasteiger partial charge in [-0.2, -0.15) is 8.42 Å². The lowest BCUT2D eigenvalue weighted by molar-refractivity contribution is -0.143. The van der Waals surface area contributed by atoms with Gasteiger partial charge < -0.3 is 9.84 Å². The van der Waals surface area contributed by atoms with Crippen LogP contribution in [0.1, 0.15) is 104 Å². The minimum Gasteiger partial charge on any atom is -0.465 e. The summed E-state index contributed by atoms with van der Waals surface area (Å²) in [5, 5.41) is 8.42. The third kappa shape index (κ3) is 16.6. The van der Waals surface area contributed by atoms with Gasteiger partial charge in [0.2, 0.25) is 0 Å². The van der Waals surface area contributed by atoms with Crippen LogP contribution in [-0.2, 0) is 19.6 Å². The zero-order valence-electron chi connectivity index (χ0n) is 18.4. The summed E-state index contributed by atoms with van der Waals surface area (Å²) in [4.78, 5) is 11.9. The molecular formula is C22H42O6S. The number of ether oxygens (including phenoxy) is 1. The molecule has 0 bridgehead atoms. The van der Waals surface area contributed by atoms with Gasteiger partial charge in [-0.15, -0.1) is 0 Å². The molecular weight excluding hydrogens is 392 g/mol. The molecule has 6 nitrogen and oxygen atoms in total. The highest BCUT2D eigenvalue weighted by molar-refractivity contribution is 7.87. The second kappa shape index (κ2) is 17.9. The van der Waals surface area contributed by atoms with Crippen LogP contribution in [0.2, 0.25) is 0 Å². The molecule has 0 heterocycles. The van der Waals surface area contributed by atoms with Crippen LogP contribution in [0.5, 0.6) is 0 Å². The maximum Gasteiger partial charge on any atom is 0.326 e. The number of aliphatic hydroxyl groups excluding tert-OH is 1. The highest BCUT2D eigenvalue weighted by Gasteiger charge is 2.31. The number of allylic oxidation sites excluding steroid dienone is 1. The molecule has 0 radical (unpaired) electrons. The SMILES string of the molecule is CCCCCC[C@@H](O)C/C=C\CCCCCCC(C(=O)OCCCC)S(=O)(=O)O. The highest BCUT2D eigenvalue weighted by atomic mass is 32.2. The average Bonchev–Trinajstić information content (AvgIpc) is 2.65. The molecule has 0 fully saturated rings. The summed E-state index contributed by atoms with van der Waals surface area (Å²) < 4.78 is 37.1. The number of hydrogen-bond acceptors (Lipinski definition) is 5. The molecule has 0 aliphatic heterocycles. The van der Waals surface area contributed by atoms with Crippen LogP contribution in [0.15, 0.2) is 12.2 Å². The Kier molecular flexibility index (Phi) is 17.3. The van der Waals surface area contributed by atoms with E-state index in [0.29, 0.717) is 19.3 Å². The van der Waals surface area contributed by atoms with Crippen LogP contribution in [-0.4, -0.2) is 42.0 Å². The maximum absolute atomic E-state index is 11.9. The van der Waals surface area contributed by atoms with Crippen molar-refractivity contribution in [2.24, 2.45) is 0 Å². The van der Waals surface area contributed by atoms with E-state index in [1.807, 2.05) is 13.0 Å². The first-order valence-corrected chi connectivity index (χ1v) is 12.8. The molecule has 0 saturated heterocycles. The maximum atomic E-state index is 11.9. The fourth-order valence-electron chi connectivity index (χ4n) is 3.04. The summed E-state index contributed by atoms with van der Waals surface area (Å²) in [5.41, 5.74) is 0. The standard InChI is InChI=1S/C22H42O6S/c1-3-5-7-13-16-20(23)17-14-11-9-8-10-12-15-18-21(29(25,26)27)22(24)28-19-6-4-2/h11,14,20-21,23H,3-10,12-13,15-19H2,1-2H3,(H,25,26,27)/b14-11-/t20-,21?/m1/s1. The molecule has 29 heavy (non-hydrogen) atoms. The largest absolute Gasteiger partial charge is 0.465 e. The van der Waals surface area contributed by atoms with E-state index in [1.54, 1.807) is 0 Å². The first-order valence-electron chi connectivity index (χ1n) is 11.3. The van der Waals surface area contributed by atoms with Gasteiger partial charge >= 0.3 is 5.97 Å². The predicted octanol–water partition coefficient (Wildman–Crippen LogP) is 5.20. The van der Waals surface area contributed by atoms with Crippen molar-refractivity contribution in [1.29, 1.82) is 0 Å². The Morgan fingerprint density at radius 3 is 2.17 bits per heavy atom. The Hall–Kier alpha value is -0.920. The Bertz CT molecular complexity index is 529. The Morgan fingerprint density at radius 1 is 0.897 bits per heavy atom. The Morgan fingerprint density at radius 2 is 1.52 bits per heavy atom. The van der Waals surface area contributed by atoms with Gasteiger partial charge in [0.25, 0.3) is 10.1 Å². The number of carbonyl (C=O) groups excluding carboxylic acids is 1. The fourth-order valence-corrected chi connectivity index (χ4v) is 3.82. The summed E-state index contributed by atoms with van der Waals surface area (Å²) in [6.07, 6.45) is 15.9. The molecule has 1 unspecified atom stereocenters. The summed E-state index contributed by atoms with van der Waals surface area (Å²) in [5.74, 6) is -0.850. The van der Waals surface area contributed by atoms with Crippen molar-refractivity contribution < 1.29 is 27.6 Å². The van der Waals surface area contributed by atoms with Crippen LogP contribution < -0.4 is 0 Å². The summed E-state index contributed by atoms with van der Waals surface area (Å²) >= 11 is 0. The molecule has 2 atom stereocenters. The molecule has 0 saturated carbocycles. The number of hydrogen-bond donors (Lipinski definition) is 2. The van der Waals surface area contributed by atoms with E-state index in [-0.39, 0.29) is 19.1 Å². The molecule has 172 valence electrons. The van der Waals surface area contributed by atoms with E-state index in [4.69, 9.17) is 4.74 Å². The van der Waals surface area contributed by atoms with Crippen LogP contribution >= 0.6 is 0 Å². The predicted molar refractivity (Wildman–Crippen MR) is 117 cm³/mol. The van der Waals surface area contributed by atoms with Crippen molar-refractivity contribution in [1.82, 2.24) is 0 Å². The minimum atomic E-state index is -4.43. The fraction of sp³-hybridized carbons (Fsp3) is 0.864. The molecule has 0 aromatic rings. The number of rotatable bonds is 19. The lowest BCUT2D eigenvalue weighted by Crippen LogP contribution is -2.32.